The van der Waals surface area contributed by atoms with Crippen molar-refractivity contribution in [3.8, 4) is 0 Å². The number of rotatable bonds is 4. The molecule has 1 aromatic carbocycles. The lowest BCUT2D eigenvalue weighted by molar-refractivity contribution is -0.141. The third-order valence-corrected chi connectivity index (χ3v) is 3.63. The molecule has 0 spiro atoms. The van der Waals surface area contributed by atoms with Crippen LogP contribution in [0.2, 0.25) is 0 Å². The van der Waals surface area contributed by atoms with Crippen molar-refractivity contribution in [2.45, 2.75) is 32.7 Å². The average molecular weight is 286 g/mol. The SMILES string of the molecule is CCC(C)(Nc1ccc(C)c(Br)c1)C(=O)O. The fourth-order valence-electron chi connectivity index (χ4n) is 1.28. The van der Waals surface area contributed by atoms with Crippen LogP contribution in [-0.4, -0.2) is 16.6 Å². The quantitative estimate of drug-likeness (QED) is 0.891. The van der Waals surface area contributed by atoms with Gasteiger partial charge in [-0.1, -0.05) is 28.9 Å². The Hall–Kier alpha value is -1.03. The third kappa shape index (κ3) is 2.76. The van der Waals surface area contributed by atoms with E-state index >= 15 is 0 Å². The molecule has 0 amide bonds. The normalized spacial score (nSPS) is 14.2. The zero-order valence-corrected chi connectivity index (χ0v) is 11.3. The van der Waals surface area contributed by atoms with Crippen LogP contribution in [0.1, 0.15) is 25.8 Å². The van der Waals surface area contributed by atoms with Crippen molar-refractivity contribution < 1.29 is 9.90 Å². The summed E-state index contributed by atoms with van der Waals surface area (Å²) in [5, 5.41) is 12.2. The lowest BCUT2D eigenvalue weighted by Crippen LogP contribution is -2.42. The summed E-state index contributed by atoms with van der Waals surface area (Å²) in [5.74, 6) is -0.841. The summed E-state index contributed by atoms with van der Waals surface area (Å²) < 4.78 is 0.973. The third-order valence-electron chi connectivity index (χ3n) is 2.77. The molecule has 1 atom stereocenters. The first-order valence-corrected chi connectivity index (χ1v) is 5.96. The first-order chi connectivity index (χ1) is 7.39. The van der Waals surface area contributed by atoms with Crippen LogP contribution in [0.25, 0.3) is 0 Å². The molecular weight excluding hydrogens is 270 g/mol. The molecule has 0 bridgehead atoms. The molecule has 4 heteroatoms. The van der Waals surface area contributed by atoms with Gasteiger partial charge in [-0.25, -0.2) is 4.79 Å². The number of anilines is 1. The lowest BCUT2D eigenvalue weighted by Gasteiger charge is -2.26. The maximum absolute atomic E-state index is 11.1. The van der Waals surface area contributed by atoms with Gasteiger partial charge in [0, 0.05) is 10.2 Å². The number of nitrogens with one attached hydrogen (secondary N) is 1. The summed E-state index contributed by atoms with van der Waals surface area (Å²) in [6.07, 6.45) is 0.522. The van der Waals surface area contributed by atoms with Crippen LogP contribution in [0.3, 0.4) is 0 Å². The number of carbonyl (C=O) groups is 1. The minimum atomic E-state index is -0.922. The molecule has 3 nitrogen and oxygen atoms in total. The summed E-state index contributed by atoms with van der Waals surface area (Å²) in [5.41, 5.74) is 1.01. The van der Waals surface area contributed by atoms with E-state index in [9.17, 15) is 4.79 Å². The van der Waals surface area contributed by atoms with Crippen LogP contribution in [0, 0.1) is 6.92 Å². The zero-order chi connectivity index (χ0) is 12.3. The van der Waals surface area contributed by atoms with Crippen molar-refractivity contribution in [2.75, 3.05) is 5.32 Å². The minimum absolute atomic E-state index is 0.522. The van der Waals surface area contributed by atoms with Crippen molar-refractivity contribution >= 4 is 27.6 Å². The molecule has 1 unspecified atom stereocenters. The van der Waals surface area contributed by atoms with Crippen LogP contribution in [-0.2, 0) is 4.79 Å². The Morgan fingerprint density at radius 3 is 2.62 bits per heavy atom. The molecule has 0 fully saturated rings. The smallest absolute Gasteiger partial charge is 0.329 e. The van der Waals surface area contributed by atoms with Gasteiger partial charge in [-0.05, 0) is 38.0 Å². The highest BCUT2D eigenvalue weighted by Gasteiger charge is 2.30. The average Bonchev–Trinajstić information content (AvgIpc) is 2.23. The van der Waals surface area contributed by atoms with Crippen LogP contribution < -0.4 is 5.32 Å². The monoisotopic (exact) mass is 285 g/mol. The molecule has 0 heterocycles. The van der Waals surface area contributed by atoms with Gasteiger partial charge in [0.2, 0.25) is 0 Å². The van der Waals surface area contributed by atoms with Crippen LogP contribution in [0.5, 0.6) is 0 Å². The van der Waals surface area contributed by atoms with Crippen molar-refractivity contribution in [2.24, 2.45) is 0 Å². The second-order valence-electron chi connectivity index (χ2n) is 4.08. The van der Waals surface area contributed by atoms with E-state index in [1.54, 1.807) is 6.92 Å². The molecule has 0 aliphatic heterocycles. The number of aliphatic carboxylic acids is 1. The van der Waals surface area contributed by atoms with E-state index in [4.69, 9.17) is 5.11 Å². The van der Waals surface area contributed by atoms with Gasteiger partial charge in [0.15, 0.2) is 0 Å². The van der Waals surface area contributed by atoms with Gasteiger partial charge in [-0.15, -0.1) is 0 Å². The molecular formula is C12H16BrNO2. The van der Waals surface area contributed by atoms with Crippen LogP contribution >= 0.6 is 15.9 Å². The molecule has 0 aliphatic carbocycles. The Morgan fingerprint density at radius 1 is 1.56 bits per heavy atom. The van der Waals surface area contributed by atoms with Crippen molar-refractivity contribution in [1.29, 1.82) is 0 Å². The second-order valence-corrected chi connectivity index (χ2v) is 4.93. The van der Waals surface area contributed by atoms with Crippen molar-refractivity contribution in [1.82, 2.24) is 0 Å². The van der Waals surface area contributed by atoms with Gasteiger partial charge in [0.25, 0.3) is 0 Å². The minimum Gasteiger partial charge on any atom is -0.480 e. The van der Waals surface area contributed by atoms with Crippen LogP contribution in [0.4, 0.5) is 5.69 Å². The van der Waals surface area contributed by atoms with E-state index in [-0.39, 0.29) is 0 Å². The summed E-state index contributed by atoms with van der Waals surface area (Å²) in [7, 11) is 0. The van der Waals surface area contributed by atoms with E-state index in [2.05, 4.69) is 21.2 Å². The topological polar surface area (TPSA) is 49.3 Å². The molecule has 88 valence electrons. The molecule has 1 rings (SSSR count). The van der Waals surface area contributed by atoms with Gasteiger partial charge in [-0.3, -0.25) is 0 Å². The highest BCUT2D eigenvalue weighted by molar-refractivity contribution is 9.10. The van der Waals surface area contributed by atoms with E-state index in [1.807, 2.05) is 32.0 Å². The maximum Gasteiger partial charge on any atom is 0.329 e. The Labute approximate surface area is 104 Å². The second kappa shape index (κ2) is 4.87. The molecule has 0 aromatic heterocycles. The Balaban J connectivity index is 2.95. The fourth-order valence-corrected chi connectivity index (χ4v) is 1.66. The maximum atomic E-state index is 11.1. The largest absolute Gasteiger partial charge is 0.480 e. The molecule has 2 N–H and O–H groups in total. The first kappa shape index (κ1) is 13.0. The number of benzene rings is 1. The van der Waals surface area contributed by atoms with E-state index in [1.165, 1.54) is 0 Å². The highest BCUT2D eigenvalue weighted by atomic mass is 79.9. The summed E-state index contributed by atoms with van der Waals surface area (Å²) in [6, 6.07) is 5.73. The van der Waals surface area contributed by atoms with Crippen molar-refractivity contribution in [3.05, 3.63) is 28.2 Å². The van der Waals surface area contributed by atoms with Gasteiger partial charge in [0.05, 0.1) is 0 Å². The number of hydrogen-bond donors (Lipinski definition) is 2. The number of carboxylic acid groups (broad SMARTS) is 1. The molecule has 0 radical (unpaired) electrons. The van der Waals surface area contributed by atoms with Crippen LogP contribution in [0.15, 0.2) is 22.7 Å². The standard InChI is InChI=1S/C12H16BrNO2/c1-4-12(3,11(15)16)14-9-6-5-8(2)10(13)7-9/h5-7,14H,4H2,1-3H3,(H,15,16). The Bertz CT molecular complexity index is 406. The summed E-state index contributed by atoms with van der Waals surface area (Å²) in [6.45, 7) is 5.53. The number of aryl methyl sites for hydroxylation is 1. The van der Waals surface area contributed by atoms with E-state index < -0.39 is 11.5 Å². The van der Waals surface area contributed by atoms with E-state index in [0.29, 0.717) is 6.42 Å². The number of hydrogen-bond acceptors (Lipinski definition) is 2. The van der Waals surface area contributed by atoms with Gasteiger partial charge >= 0.3 is 5.97 Å². The molecule has 16 heavy (non-hydrogen) atoms. The molecule has 0 saturated carbocycles. The highest BCUT2D eigenvalue weighted by Crippen LogP contribution is 2.24. The van der Waals surface area contributed by atoms with Gasteiger partial charge < -0.3 is 10.4 Å². The predicted molar refractivity (Wildman–Crippen MR) is 68.8 cm³/mol. The number of carboxylic acids is 1. The summed E-state index contributed by atoms with van der Waals surface area (Å²) >= 11 is 3.43. The molecule has 1 aromatic rings. The van der Waals surface area contributed by atoms with Crippen molar-refractivity contribution in [3.63, 3.8) is 0 Å². The van der Waals surface area contributed by atoms with Gasteiger partial charge in [-0.2, -0.15) is 0 Å². The predicted octanol–water partition coefficient (Wildman–Crippen LogP) is 3.42. The van der Waals surface area contributed by atoms with Gasteiger partial charge in [0.1, 0.15) is 5.54 Å². The lowest BCUT2D eigenvalue weighted by atomic mass is 9.98. The number of halogens is 1. The zero-order valence-electron chi connectivity index (χ0n) is 9.67. The Kier molecular flexibility index (Phi) is 3.97. The molecule has 0 aliphatic rings. The Morgan fingerprint density at radius 2 is 2.19 bits per heavy atom. The molecule has 0 saturated heterocycles. The fraction of sp³-hybridized carbons (Fsp3) is 0.417. The first-order valence-electron chi connectivity index (χ1n) is 5.17. The van der Waals surface area contributed by atoms with E-state index in [0.717, 1.165) is 15.7 Å². The summed E-state index contributed by atoms with van der Waals surface area (Å²) in [4.78, 5) is 11.1.